The van der Waals surface area contributed by atoms with Crippen molar-refractivity contribution in [1.29, 1.82) is 0 Å². The van der Waals surface area contributed by atoms with E-state index in [0.717, 1.165) is 0 Å². The smallest absolute Gasteiger partial charge is 0.254 e. The lowest BCUT2D eigenvalue weighted by Gasteiger charge is -2.16. The highest BCUT2D eigenvalue weighted by atomic mass is 16.5. The van der Waals surface area contributed by atoms with E-state index in [1.54, 1.807) is 42.5 Å². The highest BCUT2D eigenvalue weighted by Crippen LogP contribution is 2.29. The second-order valence-electron chi connectivity index (χ2n) is 5.88. The van der Waals surface area contributed by atoms with Crippen molar-refractivity contribution in [3.05, 3.63) is 48.0 Å². The standard InChI is InChI=1S/C19H19N3O5/c1-26-11-7-8-16(27-2)14(9-11)20-17(23)10-15-19(25)21-13-6-4-3-5-12(13)18(24)22-15/h3-9,15H,10H2,1-2H3,(H,20,23)(H,21,25)(H,22,24)/t15-/m0/s1. The van der Waals surface area contributed by atoms with Crippen LogP contribution in [0.5, 0.6) is 11.5 Å². The number of anilines is 2. The number of carbonyl (C=O) groups excluding carboxylic acids is 3. The Bertz CT molecular complexity index is 897. The van der Waals surface area contributed by atoms with Crippen LogP contribution in [0, 0.1) is 0 Å². The summed E-state index contributed by atoms with van der Waals surface area (Å²) in [6.45, 7) is 0. The first-order valence-electron chi connectivity index (χ1n) is 8.24. The summed E-state index contributed by atoms with van der Waals surface area (Å²) < 4.78 is 10.4. The number of methoxy groups -OCH3 is 2. The Morgan fingerprint density at radius 1 is 1.11 bits per heavy atom. The minimum atomic E-state index is -0.999. The molecule has 0 unspecified atom stereocenters. The number of amides is 3. The molecule has 2 aromatic rings. The van der Waals surface area contributed by atoms with Gasteiger partial charge in [0.25, 0.3) is 5.91 Å². The molecule has 3 amide bonds. The summed E-state index contributed by atoms with van der Waals surface area (Å²) in [6, 6.07) is 10.6. The van der Waals surface area contributed by atoms with E-state index in [2.05, 4.69) is 16.0 Å². The summed E-state index contributed by atoms with van der Waals surface area (Å²) >= 11 is 0. The molecule has 1 aliphatic rings. The van der Waals surface area contributed by atoms with Gasteiger partial charge in [-0.1, -0.05) is 12.1 Å². The number of hydrogen-bond acceptors (Lipinski definition) is 5. The molecule has 1 atom stereocenters. The first-order valence-corrected chi connectivity index (χ1v) is 8.24. The van der Waals surface area contributed by atoms with Gasteiger partial charge < -0.3 is 25.4 Å². The Hall–Kier alpha value is -3.55. The van der Waals surface area contributed by atoms with Gasteiger partial charge in [-0.25, -0.2) is 0 Å². The average molecular weight is 369 g/mol. The SMILES string of the molecule is COc1ccc(OC)c(NC(=O)C[C@@H]2NC(=O)c3ccccc3NC2=O)c1. The fourth-order valence-electron chi connectivity index (χ4n) is 2.75. The van der Waals surface area contributed by atoms with Crippen molar-refractivity contribution in [2.24, 2.45) is 0 Å². The topological polar surface area (TPSA) is 106 Å². The van der Waals surface area contributed by atoms with E-state index in [1.807, 2.05) is 0 Å². The van der Waals surface area contributed by atoms with Gasteiger partial charge in [-0.15, -0.1) is 0 Å². The molecule has 0 aromatic heterocycles. The quantitative estimate of drug-likeness (QED) is 0.745. The second kappa shape index (κ2) is 7.77. The summed E-state index contributed by atoms with van der Waals surface area (Å²) in [5.41, 5.74) is 1.17. The maximum atomic E-state index is 12.4. The maximum absolute atomic E-state index is 12.4. The Balaban J connectivity index is 1.73. The zero-order chi connectivity index (χ0) is 19.4. The first-order chi connectivity index (χ1) is 13.0. The van der Waals surface area contributed by atoms with Crippen molar-refractivity contribution in [3.63, 3.8) is 0 Å². The van der Waals surface area contributed by atoms with Gasteiger partial charge in [-0.3, -0.25) is 14.4 Å². The average Bonchev–Trinajstić information content (AvgIpc) is 2.78. The third-order valence-electron chi connectivity index (χ3n) is 4.12. The summed E-state index contributed by atoms with van der Waals surface area (Å²) in [7, 11) is 2.99. The molecule has 0 bridgehead atoms. The van der Waals surface area contributed by atoms with Gasteiger partial charge in [-0.05, 0) is 24.3 Å². The summed E-state index contributed by atoms with van der Waals surface area (Å²) in [4.78, 5) is 37.1. The number of nitrogens with one attached hydrogen (secondary N) is 3. The number of ether oxygens (including phenoxy) is 2. The van der Waals surface area contributed by atoms with Gasteiger partial charge in [-0.2, -0.15) is 0 Å². The van der Waals surface area contributed by atoms with Crippen LogP contribution in [-0.2, 0) is 9.59 Å². The molecule has 0 saturated carbocycles. The lowest BCUT2D eigenvalue weighted by atomic mass is 10.1. The minimum Gasteiger partial charge on any atom is -0.497 e. The predicted molar refractivity (Wildman–Crippen MR) is 99.1 cm³/mol. The van der Waals surface area contributed by atoms with Crippen molar-refractivity contribution < 1.29 is 23.9 Å². The van der Waals surface area contributed by atoms with Crippen LogP contribution in [0.2, 0.25) is 0 Å². The van der Waals surface area contributed by atoms with Crippen LogP contribution in [0.25, 0.3) is 0 Å². The van der Waals surface area contributed by atoms with Gasteiger partial charge in [0.2, 0.25) is 11.8 Å². The van der Waals surface area contributed by atoms with E-state index in [4.69, 9.17) is 9.47 Å². The molecule has 1 heterocycles. The number of fused-ring (bicyclic) bond motifs is 1. The molecule has 0 radical (unpaired) electrons. The molecule has 27 heavy (non-hydrogen) atoms. The molecule has 0 aliphatic carbocycles. The molecular weight excluding hydrogens is 350 g/mol. The maximum Gasteiger partial charge on any atom is 0.254 e. The number of benzene rings is 2. The highest BCUT2D eigenvalue weighted by molar-refractivity contribution is 6.11. The Morgan fingerprint density at radius 2 is 1.89 bits per heavy atom. The lowest BCUT2D eigenvalue weighted by Crippen LogP contribution is -2.43. The van der Waals surface area contributed by atoms with Crippen molar-refractivity contribution >= 4 is 29.1 Å². The van der Waals surface area contributed by atoms with Gasteiger partial charge in [0.05, 0.1) is 37.6 Å². The van der Waals surface area contributed by atoms with Gasteiger partial charge in [0.15, 0.2) is 0 Å². The van der Waals surface area contributed by atoms with Crippen LogP contribution >= 0.6 is 0 Å². The van der Waals surface area contributed by atoms with Gasteiger partial charge >= 0.3 is 0 Å². The van der Waals surface area contributed by atoms with Crippen LogP contribution < -0.4 is 25.4 Å². The zero-order valence-corrected chi connectivity index (χ0v) is 14.9. The van der Waals surface area contributed by atoms with Crippen LogP contribution in [0.4, 0.5) is 11.4 Å². The molecule has 0 spiro atoms. The van der Waals surface area contributed by atoms with Crippen LogP contribution in [-0.4, -0.2) is 38.0 Å². The normalized spacial score (nSPS) is 15.7. The molecule has 140 valence electrons. The summed E-state index contributed by atoms with van der Waals surface area (Å²) in [5, 5.41) is 7.94. The van der Waals surface area contributed by atoms with E-state index < -0.39 is 23.8 Å². The Morgan fingerprint density at radius 3 is 2.63 bits per heavy atom. The molecule has 0 fully saturated rings. The fourth-order valence-corrected chi connectivity index (χ4v) is 2.75. The number of carbonyl (C=O) groups is 3. The van der Waals surface area contributed by atoms with Crippen LogP contribution in [0.15, 0.2) is 42.5 Å². The summed E-state index contributed by atoms with van der Waals surface area (Å²) in [6.07, 6.45) is -0.230. The van der Waals surface area contributed by atoms with Crippen molar-refractivity contribution in [2.45, 2.75) is 12.5 Å². The molecule has 1 aliphatic heterocycles. The van der Waals surface area contributed by atoms with E-state index in [-0.39, 0.29) is 6.42 Å². The summed E-state index contributed by atoms with van der Waals surface area (Å²) in [5.74, 6) is -0.331. The van der Waals surface area contributed by atoms with Crippen LogP contribution in [0.3, 0.4) is 0 Å². The number of hydrogen-bond donors (Lipinski definition) is 3. The molecule has 3 N–H and O–H groups in total. The third-order valence-corrected chi connectivity index (χ3v) is 4.12. The monoisotopic (exact) mass is 369 g/mol. The van der Waals surface area contributed by atoms with Gasteiger partial charge in [0.1, 0.15) is 17.5 Å². The van der Waals surface area contributed by atoms with E-state index in [1.165, 1.54) is 14.2 Å². The van der Waals surface area contributed by atoms with Gasteiger partial charge in [0, 0.05) is 6.07 Å². The van der Waals surface area contributed by atoms with E-state index in [0.29, 0.717) is 28.4 Å². The zero-order valence-electron chi connectivity index (χ0n) is 14.9. The fraction of sp³-hybridized carbons (Fsp3) is 0.211. The van der Waals surface area contributed by atoms with E-state index in [9.17, 15) is 14.4 Å². The van der Waals surface area contributed by atoms with Crippen molar-refractivity contribution in [1.82, 2.24) is 5.32 Å². The molecule has 3 rings (SSSR count). The highest BCUT2D eigenvalue weighted by Gasteiger charge is 2.29. The third kappa shape index (κ3) is 4.00. The first kappa shape index (κ1) is 18.2. The second-order valence-corrected chi connectivity index (χ2v) is 5.88. The number of para-hydroxylation sites is 1. The number of rotatable bonds is 5. The molecule has 0 saturated heterocycles. The molecule has 8 nitrogen and oxygen atoms in total. The largest absolute Gasteiger partial charge is 0.497 e. The molecular formula is C19H19N3O5. The minimum absolute atomic E-state index is 0.230. The van der Waals surface area contributed by atoms with E-state index >= 15 is 0 Å². The van der Waals surface area contributed by atoms with Crippen LogP contribution in [0.1, 0.15) is 16.8 Å². The molecule has 8 heteroatoms. The lowest BCUT2D eigenvalue weighted by molar-refractivity contribution is -0.122. The van der Waals surface area contributed by atoms with Crippen molar-refractivity contribution in [2.75, 3.05) is 24.9 Å². The predicted octanol–water partition coefficient (Wildman–Crippen LogP) is 1.78. The van der Waals surface area contributed by atoms with Crippen molar-refractivity contribution in [3.8, 4) is 11.5 Å². The molecule has 2 aromatic carbocycles. The Labute approximate surface area is 155 Å². The Kier molecular flexibility index (Phi) is 5.25.